The van der Waals surface area contributed by atoms with Crippen molar-refractivity contribution in [3.63, 3.8) is 0 Å². The second-order valence-electron chi connectivity index (χ2n) is 4.63. The molecule has 1 fully saturated rings. The molecule has 1 aromatic rings. The van der Waals surface area contributed by atoms with Gasteiger partial charge in [0.15, 0.2) is 0 Å². The number of nitrogens with one attached hydrogen (secondary N) is 1. The first kappa shape index (κ1) is 14.8. The fourth-order valence-corrected chi connectivity index (χ4v) is 3.85. The highest BCUT2D eigenvalue weighted by Gasteiger charge is 2.27. The number of sulfonamides is 1. The lowest BCUT2D eigenvalue weighted by Crippen LogP contribution is -2.26. The minimum atomic E-state index is -3.74. The van der Waals surface area contributed by atoms with Crippen LogP contribution in [-0.2, 0) is 25.6 Å². The average molecular weight is 324 g/mol. The van der Waals surface area contributed by atoms with Crippen LogP contribution in [0.5, 0.6) is 0 Å². The van der Waals surface area contributed by atoms with Crippen molar-refractivity contribution in [1.29, 1.82) is 0 Å². The Bertz CT molecular complexity index is 648. The van der Waals surface area contributed by atoms with Crippen molar-refractivity contribution in [1.82, 2.24) is 4.72 Å². The van der Waals surface area contributed by atoms with E-state index < -0.39 is 19.1 Å². The van der Waals surface area contributed by atoms with Crippen LogP contribution in [0.25, 0.3) is 0 Å². The van der Waals surface area contributed by atoms with E-state index in [1.165, 1.54) is 24.3 Å². The van der Waals surface area contributed by atoms with Crippen LogP contribution in [-0.4, -0.2) is 22.6 Å². The Labute approximate surface area is 117 Å². The molecule has 0 aliphatic heterocycles. The van der Waals surface area contributed by atoms with Crippen molar-refractivity contribution in [3.05, 3.63) is 29.8 Å². The maximum atomic E-state index is 11.7. The molecule has 1 aliphatic rings. The molecule has 2 rings (SSSR count). The highest BCUT2D eigenvalue weighted by Crippen LogP contribution is 2.30. The molecular formula is C11H14ClNO4S2. The van der Waals surface area contributed by atoms with Gasteiger partial charge in [0.25, 0.3) is 9.05 Å². The Kier molecular flexibility index (Phi) is 4.20. The van der Waals surface area contributed by atoms with E-state index >= 15 is 0 Å². The molecule has 106 valence electrons. The quantitative estimate of drug-likeness (QED) is 0.803. The lowest BCUT2D eigenvalue weighted by Gasteiger charge is -2.06. The second-order valence-corrected chi connectivity index (χ2v) is 9.05. The van der Waals surface area contributed by atoms with Gasteiger partial charge in [0, 0.05) is 17.2 Å². The Morgan fingerprint density at radius 1 is 1.11 bits per heavy atom. The molecule has 1 saturated carbocycles. The zero-order valence-corrected chi connectivity index (χ0v) is 12.4. The third-order valence-electron chi connectivity index (χ3n) is 2.85. The normalized spacial score (nSPS) is 16.5. The summed E-state index contributed by atoms with van der Waals surface area (Å²) in [5, 5.41) is 0. The summed E-state index contributed by atoms with van der Waals surface area (Å²) in [5.74, 6) is 0.461. The Balaban J connectivity index is 1.96. The van der Waals surface area contributed by atoms with Gasteiger partial charge in [-0.15, -0.1) is 0 Å². The van der Waals surface area contributed by atoms with Crippen molar-refractivity contribution in [3.8, 4) is 0 Å². The molecule has 0 heterocycles. The van der Waals surface area contributed by atoms with Crippen LogP contribution < -0.4 is 4.72 Å². The van der Waals surface area contributed by atoms with Gasteiger partial charge in [-0.2, -0.15) is 0 Å². The third kappa shape index (κ3) is 4.76. The van der Waals surface area contributed by atoms with Crippen LogP contribution in [0, 0.1) is 5.92 Å². The molecule has 0 atom stereocenters. The van der Waals surface area contributed by atoms with E-state index in [0.29, 0.717) is 11.5 Å². The van der Waals surface area contributed by atoms with Gasteiger partial charge in [-0.1, -0.05) is 12.1 Å². The van der Waals surface area contributed by atoms with E-state index in [1.54, 1.807) is 0 Å². The molecular weight excluding hydrogens is 310 g/mol. The van der Waals surface area contributed by atoms with Crippen LogP contribution in [0.4, 0.5) is 0 Å². The van der Waals surface area contributed by atoms with Gasteiger partial charge in [0.2, 0.25) is 10.0 Å². The van der Waals surface area contributed by atoms with Crippen LogP contribution in [0.1, 0.15) is 18.4 Å². The van der Waals surface area contributed by atoms with Gasteiger partial charge in [0.05, 0.1) is 10.6 Å². The number of hydrogen-bond donors (Lipinski definition) is 1. The monoisotopic (exact) mass is 323 g/mol. The average Bonchev–Trinajstić information content (AvgIpc) is 3.09. The van der Waals surface area contributed by atoms with Crippen molar-refractivity contribution >= 4 is 29.8 Å². The van der Waals surface area contributed by atoms with E-state index in [4.69, 9.17) is 10.7 Å². The van der Waals surface area contributed by atoms with Crippen LogP contribution in [0.3, 0.4) is 0 Å². The van der Waals surface area contributed by atoms with Gasteiger partial charge < -0.3 is 0 Å². The number of benzene rings is 1. The van der Waals surface area contributed by atoms with Crippen molar-refractivity contribution in [2.75, 3.05) is 5.75 Å². The number of hydrogen-bond acceptors (Lipinski definition) is 4. The minimum Gasteiger partial charge on any atom is -0.212 e. The zero-order chi connectivity index (χ0) is 14.1. The Morgan fingerprint density at radius 2 is 1.68 bits per heavy atom. The van der Waals surface area contributed by atoms with Crippen molar-refractivity contribution in [2.45, 2.75) is 24.3 Å². The molecule has 1 aromatic carbocycles. The smallest absolute Gasteiger partial charge is 0.212 e. The molecule has 0 saturated heterocycles. The van der Waals surface area contributed by atoms with Crippen molar-refractivity contribution in [2.24, 2.45) is 5.92 Å². The molecule has 0 radical (unpaired) electrons. The van der Waals surface area contributed by atoms with E-state index in [9.17, 15) is 16.8 Å². The highest BCUT2D eigenvalue weighted by molar-refractivity contribution is 8.13. The highest BCUT2D eigenvalue weighted by atomic mass is 35.7. The second kappa shape index (κ2) is 5.40. The fraction of sp³-hybridized carbons (Fsp3) is 0.455. The van der Waals surface area contributed by atoms with Gasteiger partial charge in [0.1, 0.15) is 0 Å². The molecule has 8 heteroatoms. The first-order chi connectivity index (χ1) is 8.76. The number of rotatable bonds is 6. The van der Waals surface area contributed by atoms with E-state index in [1.807, 2.05) is 0 Å². The summed E-state index contributed by atoms with van der Waals surface area (Å²) >= 11 is 0. The van der Waals surface area contributed by atoms with Crippen LogP contribution in [0.15, 0.2) is 29.2 Å². The van der Waals surface area contributed by atoms with Crippen LogP contribution >= 0.6 is 10.7 Å². The molecule has 1 aliphatic carbocycles. The summed E-state index contributed by atoms with van der Waals surface area (Å²) in [6.45, 7) is 0.150. The minimum absolute atomic E-state index is 0.00115. The Morgan fingerprint density at radius 3 is 2.16 bits per heavy atom. The zero-order valence-electron chi connectivity index (χ0n) is 10.0. The summed E-state index contributed by atoms with van der Waals surface area (Å²) in [6.07, 6.45) is 1.95. The molecule has 0 amide bonds. The number of halogens is 1. The molecule has 5 nitrogen and oxygen atoms in total. The third-order valence-corrected chi connectivity index (χ3v) is 5.72. The van der Waals surface area contributed by atoms with Gasteiger partial charge in [-0.25, -0.2) is 21.6 Å². The lowest BCUT2D eigenvalue weighted by molar-refractivity contribution is 0.577. The summed E-state index contributed by atoms with van der Waals surface area (Å²) in [5.41, 5.74) is 0.684. The predicted molar refractivity (Wildman–Crippen MR) is 72.8 cm³/mol. The van der Waals surface area contributed by atoms with Gasteiger partial charge >= 0.3 is 0 Å². The standard InChI is InChI=1S/C11H14ClNO4S2/c12-19(16,17)11-5-3-9(4-6-11)7-13-18(14,15)8-10-1-2-10/h3-6,10,13H,1-2,7-8H2. The topological polar surface area (TPSA) is 80.3 Å². The molecule has 0 bridgehead atoms. The molecule has 0 aromatic heterocycles. The van der Waals surface area contributed by atoms with Gasteiger partial charge in [-0.05, 0) is 36.5 Å². The fourth-order valence-electron chi connectivity index (χ4n) is 1.62. The van der Waals surface area contributed by atoms with Gasteiger partial charge in [-0.3, -0.25) is 0 Å². The first-order valence-corrected chi connectivity index (χ1v) is 9.73. The predicted octanol–water partition coefficient (Wildman–Crippen LogP) is 1.44. The molecule has 0 spiro atoms. The maximum Gasteiger partial charge on any atom is 0.261 e. The Hall–Kier alpha value is -0.630. The summed E-state index contributed by atoms with van der Waals surface area (Å²) in [6, 6.07) is 5.78. The summed E-state index contributed by atoms with van der Waals surface area (Å²) in [7, 11) is -1.80. The summed E-state index contributed by atoms with van der Waals surface area (Å²) in [4.78, 5) is -0.00115. The van der Waals surface area contributed by atoms with Crippen LogP contribution in [0.2, 0.25) is 0 Å². The molecule has 1 N–H and O–H groups in total. The van der Waals surface area contributed by atoms with Crippen molar-refractivity contribution < 1.29 is 16.8 Å². The molecule has 19 heavy (non-hydrogen) atoms. The van der Waals surface area contributed by atoms with E-state index in [-0.39, 0.29) is 17.2 Å². The molecule has 0 unspecified atom stereocenters. The SMILES string of the molecule is O=S(=O)(CC1CC1)NCc1ccc(S(=O)(=O)Cl)cc1. The van der Waals surface area contributed by atoms with E-state index in [0.717, 1.165) is 12.8 Å². The largest absolute Gasteiger partial charge is 0.261 e. The first-order valence-electron chi connectivity index (χ1n) is 5.77. The van der Waals surface area contributed by atoms with E-state index in [2.05, 4.69) is 4.72 Å². The lowest BCUT2D eigenvalue weighted by atomic mass is 10.2. The summed E-state index contributed by atoms with van der Waals surface area (Å²) < 4.78 is 47.9. The maximum absolute atomic E-state index is 11.7.